The summed E-state index contributed by atoms with van der Waals surface area (Å²) in [5.41, 5.74) is 0. The number of rotatable bonds is 3. The summed E-state index contributed by atoms with van der Waals surface area (Å²) in [4.78, 5) is 17.3. The minimum atomic E-state index is -0.518. The van der Waals surface area contributed by atoms with Crippen LogP contribution in [0.1, 0.15) is 19.8 Å². The molecule has 0 aliphatic carbocycles. The molecule has 1 amide bonds. The Balaban J connectivity index is 1.90. The van der Waals surface area contributed by atoms with Crippen molar-refractivity contribution >= 4 is 5.91 Å². The van der Waals surface area contributed by atoms with Crippen molar-refractivity contribution in [2.45, 2.75) is 25.9 Å². The standard InChI is InChI=1S/C13H17NO3/c1-11(17-12-7-3-2-4-8-12)13(15)14-9-5-6-10-16-14/h2-4,7-8,11H,5-6,9-10H2,1H3. The highest BCUT2D eigenvalue weighted by atomic mass is 16.7. The number of para-hydroxylation sites is 1. The number of ether oxygens (including phenoxy) is 1. The zero-order chi connectivity index (χ0) is 12.1. The van der Waals surface area contributed by atoms with Crippen LogP contribution in [0.3, 0.4) is 0 Å². The van der Waals surface area contributed by atoms with E-state index in [2.05, 4.69) is 0 Å². The molecule has 1 saturated heterocycles. The molecule has 1 aromatic rings. The molecular weight excluding hydrogens is 218 g/mol. The predicted octanol–water partition coefficient (Wildman–Crippen LogP) is 2.01. The number of carbonyl (C=O) groups is 1. The van der Waals surface area contributed by atoms with Gasteiger partial charge in [0.05, 0.1) is 6.61 Å². The molecule has 1 aliphatic rings. The van der Waals surface area contributed by atoms with E-state index in [1.165, 1.54) is 5.06 Å². The molecule has 4 heteroatoms. The van der Waals surface area contributed by atoms with Crippen LogP contribution >= 0.6 is 0 Å². The fourth-order valence-corrected chi connectivity index (χ4v) is 1.73. The molecule has 1 unspecified atom stereocenters. The predicted molar refractivity (Wildman–Crippen MR) is 63.4 cm³/mol. The maximum absolute atomic E-state index is 12.0. The van der Waals surface area contributed by atoms with E-state index in [1.54, 1.807) is 6.92 Å². The summed E-state index contributed by atoms with van der Waals surface area (Å²) in [6.07, 6.45) is 1.48. The maximum atomic E-state index is 12.0. The van der Waals surface area contributed by atoms with Gasteiger partial charge in [0.25, 0.3) is 5.91 Å². The van der Waals surface area contributed by atoms with Gasteiger partial charge in [-0.2, -0.15) is 0 Å². The smallest absolute Gasteiger partial charge is 0.286 e. The van der Waals surface area contributed by atoms with Crippen molar-refractivity contribution in [3.63, 3.8) is 0 Å². The second-order valence-corrected chi connectivity index (χ2v) is 4.05. The van der Waals surface area contributed by atoms with Gasteiger partial charge in [-0.25, -0.2) is 5.06 Å². The number of hydrogen-bond acceptors (Lipinski definition) is 3. The number of benzene rings is 1. The first-order valence-electron chi connectivity index (χ1n) is 5.93. The summed E-state index contributed by atoms with van der Waals surface area (Å²) >= 11 is 0. The van der Waals surface area contributed by atoms with E-state index >= 15 is 0 Å². The number of nitrogens with zero attached hydrogens (tertiary/aromatic N) is 1. The van der Waals surface area contributed by atoms with Crippen molar-refractivity contribution in [1.29, 1.82) is 0 Å². The third kappa shape index (κ3) is 3.20. The highest BCUT2D eigenvalue weighted by molar-refractivity contribution is 5.79. The Bertz CT molecular complexity index is 360. The van der Waals surface area contributed by atoms with Crippen molar-refractivity contribution in [3.8, 4) is 5.75 Å². The van der Waals surface area contributed by atoms with Gasteiger partial charge in [-0.3, -0.25) is 9.63 Å². The second kappa shape index (κ2) is 5.68. The van der Waals surface area contributed by atoms with Gasteiger partial charge in [0.15, 0.2) is 6.10 Å². The molecule has 0 saturated carbocycles. The minimum absolute atomic E-state index is 0.117. The van der Waals surface area contributed by atoms with Crippen LogP contribution in [-0.4, -0.2) is 30.2 Å². The van der Waals surface area contributed by atoms with E-state index in [1.807, 2.05) is 30.3 Å². The number of carbonyl (C=O) groups excluding carboxylic acids is 1. The van der Waals surface area contributed by atoms with E-state index in [-0.39, 0.29) is 5.91 Å². The fraction of sp³-hybridized carbons (Fsp3) is 0.462. The third-order valence-corrected chi connectivity index (χ3v) is 2.65. The van der Waals surface area contributed by atoms with Crippen LogP contribution in [0, 0.1) is 0 Å². The lowest BCUT2D eigenvalue weighted by Crippen LogP contribution is -2.43. The van der Waals surface area contributed by atoms with Crippen LogP contribution < -0.4 is 4.74 Å². The quantitative estimate of drug-likeness (QED) is 0.804. The molecule has 4 nitrogen and oxygen atoms in total. The van der Waals surface area contributed by atoms with Gasteiger partial charge in [0.2, 0.25) is 0 Å². The Labute approximate surface area is 101 Å². The average molecular weight is 235 g/mol. The van der Waals surface area contributed by atoms with Gasteiger partial charge >= 0.3 is 0 Å². The van der Waals surface area contributed by atoms with Crippen molar-refractivity contribution in [2.75, 3.05) is 13.2 Å². The van der Waals surface area contributed by atoms with Gasteiger partial charge in [-0.05, 0) is 31.9 Å². The summed E-state index contributed by atoms with van der Waals surface area (Å²) in [6, 6.07) is 9.34. The van der Waals surface area contributed by atoms with E-state index in [0.717, 1.165) is 12.8 Å². The molecule has 0 radical (unpaired) electrons. The molecule has 17 heavy (non-hydrogen) atoms. The lowest BCUT2D eigenvalue weighted by Gasteiger charge is -2.28. The number of hydrogen-bond donors (Lipinski definition) is 0. The lowest BCUT2D eigenvalue weighted by molar-refractivity contribution is -0.202. The van der Waals surface area contributed by atoms with Gasteiger partial charge in [-0.1, -0.05) is 18.2 Å². The first kappa shape index (κ1) is 11.9. The molecule has 1 aliphatic heterocycles. The molecule has 0 N–H and O–H groups in total. The minimum Gasteiger partial charge on any atom is -0.481 e. The van der Waals surface area contributed by atoms with Crippen LogP contribution in [0.2, 0.25) is 0 Å². The van der Waals surface area contributed by atoms with Crippen LogP contribution in [0.15, 0.2) is 30.3 Å². The second-order valence-electron chi connectivity index (χ2n) is 4.05. The van der Waals surface area contributed by atoms with Gasteiger partial charge in [0, 0.05) is 6.54 Å². The van der Waals surface area contributed by atoms with Crippen molar-refractivity contribution in [3.05, 3.63) is 30.3 Å². The first-order valence-corrected chi connectivity index (χ1v) is 5.93. The van der Waals surface area contributed by atoms with Crippen LogP contribution in [0.25, 0.3) is 0 Å². The Hall–Kier alpha value is -1.55. The molecule has 1 aromatic carbocycles. The maximum Gasteiger partial charge on any atom is 0.286 e. The first-order chi connectivity index (χ1) is 8.27. The summed E-state index contributed by atoms with van der Waals surface area (Å²) in [5.74, 6) is 0.582. The monoisotopic (exact) mass is 235 g/mol. The number of hydroxylamine groups is 2. The Morgan fingerprint density at radius 2 is 2.12 bits per heavy atom. The molecule has 0 spiro atoms. The van der Waals surface area contributed by atoms with Crippen LogP contribution in [0.5, 0.6) is 5.75 Å². The molecule has 1 fully saturated rings. The van der Waals surface area contributed by atoms with Crippen molar-refractivity contribution in [2.24, 2.45) is 0 Å². The molecular formula is C13H17NO3. The zero-order valence-corrected chi connectivity index (χ0v) is 9.96. The molecule has 0 aromatic heterocycles. The summed E-state index contributed by atoms with van der Waals surface area (Å²) in [5, 5.41) is 1.41. The third-order valence-electron chi connectivity index (χ3n) is 2.65. The zero-order valence-electron chi connectivity index (χ0n) is 9.96. The number of amides is 1. The lowest BCUT2D eigenvalue weighted by atomic mass is 10.2. The molecule has 1 atom stereocenters. The van der Waals surface area contributed by atoms with Gasteiger partial charge < -0.3 is 4.74 Å². The van der Waals surface area contributed by atoms with E-state index in [9.17, 15) is 4.79 Å². The normalized spacial score (nSPS) is 17.6. The van der Waals surface area contributed by atoms with E-state index in [0.29, 0.717) is 18.9 Å². The molecule has 0 bridgehead atoms. The molecule has 1 heterocycles. The largest absolute Gasteiger partial charge is 0.481 e. The Morgan fingerprint density at radius 1 is 1.35 bits per heavy atom. The summed E-state index contributed by atoms with van der Waals surface area (Å²) in [7, 11) is 0. The summed E-state index contributed by atoms with van der Waals surface area (Å²) in [6.45, 7) is 3.01. The SMILES string of the molecule is CC(Oc1ccccc1)C(=O)N1CCCCO1. The van der Waals surface area contributed by atoms with Crippen LogP contribution in [0.4, 0.5) is 0 Å². The van der Waals surface area contributed by atoms with Gasteiger partial charge in [0.1, 0.15) is 5.75 Å². The molecule has 92 valence electrons. The average Bonchev–Trinajstić information content (AvgIpc) is 2.40. The topological polar surface area (TPSA) is 38.8 Å². The Kier molecular flexibility index (Phi) is 3.98. The van der Waals surface area contributed by atoms with Crippen molar-refractivity contribution < 1.29 is 14.4 Å². The van der Waals surface area contributed by atoms with Crippen molar-refractivity contribution in [1.82, 2.24) is 5.06 Å². The highest BCUT2D eigenvalue weighted by Crippen LogP contribution is 2.14. The van der Waals surface area contributed by atoms with Crippen LogP contribution in [-0.2, 0) is 9.63 Å². The summed E-state index contributed by atoms with van der Waals surface area (Å²) < 4.78 is 5.56. The highest BCUT2D eigenvalue weighted by Gasteiger charge is 2.24. The fourth-order valence-electron chi connectivity index (χ4n) is 1.73. The van der Waals surface area contributed by atoms with E-state index in [4.69, 9.17) is 9.57 Å². The molecule has 2 rings (SSSR count). The van der Waals surface area contributed by atoms with Gasteiger partial charge in [-0.15, -0.1) is 0 Å². The Morgan fingerprint density at radius 3 is 2.76 bits per heavy atom. The van der Waals surface area contributed by atoms with E-state index < -0.39 is 6.10 Å².